The minimum absolute atomic E-state index is 0.111. The molecule has 1 fully saturated rings. The molecule has 20 heavy (non-hydrogen) atoms. The van der Waals surface area contributed by atoms with Crippen LogP contribution in [-0.2, 0) is 4.74 Å². The fraction of sp³-hybridized carbons (Fsp3) is 0.385. The van der Waals surface area contributed by atoms with Crippen molar-refractivity contribution in [1.82, 2.24) is 10.2 Å². The Morgan fingerprint density at radius 1 is 1.50 bits per heavy atom. The van der Waals surface area contributed by atoms with Crippen LogP contribution in [0, 0.1) is 5.82 Å². The van der Waals surface area contributed by atoms with E-state index in [-0.39, 0.29) is 23.2 Å². The molecule has 2 amide bonds. The number of nitrogens with two attached hydrogens (primary N) is 1. The molecular weight excluding hydrogens is 265 g/mol. The van der Waals surface area contributed by atoms with E-state index in [9.17, 15) is 14.0 Å². The van der Waals surface area contributed by atoms with Crippen LogP contribution in [0.3, 0.4) is 0 Å². The van der Waals surface area contributed by atoms with Gasteiger partial charge in [-0.05, 0) is 24.6 Å². The fourth-order valence-corrected chi connectivity index (χ4v) is 2.19. The molecule has 1 aliphatic rings. The second kappa shape index (κ2) is 5.77. The first-order chi connectivity index (χ1) is 9.51. The molecule has 1 aromatic rings. The standard InChI is InChI=1S/C13H16FN3O3/c1-20-13(19)16-9-4-5-17(7-9)12(18)10-3-2-8(14)6-11(10)15/h2-3,6,9H,4-5,7,15H2,1H3,(H,16,19). The Morgan fingerprint density at radius 2 is 2.25 bits per heavy atom. The van der Waals surface area contributed by atoms with E-state index in [0.717, 1.165) is 6.07 Å². The van der Waals surface area contributed by atoms with Gasteiger partial charge in [0.2, 0.25) is 0 Å². The second-order valence-corrected chi connectivity index (χ2v) is 4.60. The molecule has 1 unspecified atom stereocenters. The van der Waals surface area contributed by atoms with Gasteiger partial charge in [-0.15, -0.1) is 0 Å². The van der Waals surface area contributed by atoms with E-state index in [1.807, 2.05) is 0 Å². The zero-order valence-electron chi connectivity index (χ0n) is 11.1. The van der Waals surface area contributed by atoms with Crippen molar-refractivity contribution in [2.75, 3.05) is 25.9 Å². The lowest BCUT2D eigenvalue weighted by atomic mass is 10.1. The average Bonchev–Trinajstić information content (AvgIpc) is 2.86. The molecule has 6 nitrogen and oxygen atoms in total. The zero-order chi connectivity index (χ0) is 14.7. The number of nitrogens with one attached hydrogen (secondary N) is 1. The van der Waals surface area contributed by atoms with E-state index in [2.05, 4.69) is 10.1 Å². The lowest BCUT2D eigenvalue weighted by Gasteiger charge is -2.18. The van der Waals surface area contributed by atoms with Gasteiger partial charge < -0.3 is 20.7 Å². The van der Waals surface area contributed by atoms with E-state index >= 15 is 0 Å². The molecule has 0 bridgehead atoms. The van der Waals surface area contributed by atoms with Crippen LogP contribution in [0.15, 0.2) is 18.2 Å². The number of halogens is 1. The molecule has 0 radical (unpaired) electrons. The minimum atomic E-state index is -0.523. The number of nitrogen functional groups attached to an aromatic ring is 1. The van der Waals surface area contributed by atoms with Crippen LogP contribution in [-0.4, -0.2) is 43.1 Å². The Labute approximate surface area is 115 Å². The predicted octanol–water partition coefficient (Wildman–Crippen LogP) is 0.978. The summed E-state index contributed by atoms with van der Waals surface area (Å²) in [7, 11) is 1.28. The lowest BCUT2D eigenvalue weighted by Crippen LogP contribution is -2.38. The summed E-state index contributed by atoms with van der Waals surface area (Å²) in [6.45, 7) is 0.884. The lowest BCUT2D eigenvalue weighted by molar-refractivity contribution is 0.0789. The van der Waals surface area contributed by atoms with E-state index < -0.39 is 11.9 Å². The smallest absolute Gasteiger partial charge is 0.407 e. The number of alkyl carbamates (subject to hydrolysis) is 1. The van der Waals surface area contributed by atoms with Crippen molar-refractivity contribution in [3.63, 3.8) is 0 Å². The van der Waals surface area contributed by atoms with Gasteiger partial charge in [-0.25, -0.2) is 9.18 Å². The first-order valence-electron chi connectivity index (χ1n) is 6.20. The van der Waals surface area contributed by atoms with Crippen molar-refractivity contribution in [2.45, 2.75) is 12.5 Å². The number of nitrogens with zero attached hydrogens (tertiary/aromatic N) is 1. The number of likely N-dealkylation sites (tertiary alicyclic amines) is 1. The molecule has 2 rings (SSSR count). The van der Waals surface area contributed by atoms with Gasteiger partial charge in [0, 0.05) is 18.8 Å². The van der Waals surface area contributed by atoms with Crippen LogP contribution in [0.2, 0.25) is 0 Å². The highest BCUT2D eigenvalue weighted by atomic mass is 19.1. The van der Waals surface area contributed by atoms with Gasteiger partial charge in [0.05, 0.1) is 18.7 Å². The Hall–Kier alpha value is -2.31. The van der Waals surface area contributed by atoms with Crippen molar-refractivity contribution in [3.8, 4) is 0 Å². The summed E-state index contributed by atoms with van der Waals surface area (Å²) in [4.78, 5) is 24.9. The third-order valence-electron chi connectivity index (χ3n) is 3.23. The van der Waals surface area contributed by atoms with Crippen molar-refractivity contribution in [1.29, 1.82) is 0 Å². The van der Waals surface area contributed by atoms with Gasteiger partial charge in [-0.3, -0.25) is 4.79 Å². The number of hydrogen-bond donors (Lipinski definition) is 2. The van der Waals surface area contributed by atoms with Crippen LogP contribution in [0.1, 0.15) is 16.8 Å². The van der Waals surface area contributed by atoms with Crippen molar-refractivity contribution >= 4 is 17.7 Å². The molecule has 0 saturated carbocycles. The van der Waals surface area contributed by atoms with Gasteiger partial charge in [-0.2, -0.15) is 0 Å². The molecule has 1 atom stereocenters. The van der Waals surface area contributed by atoms with Crippen LogP contribution in [0.25, 0.3) is 0 Å². The molecule has 3 N–H and O–H groups in total. The monoisotopic (exact) mass is 281 g/mol. The maximum absolute atomic E-state index is 13.0. The normalized spacial score (nSPS) is 17.9. The highest BCUT2D eigenvalue weighted by molar-refractivity contribution is 5.99. The highest BCUT2D eigenvalue weighted by Gasteiger charge is 2.29. The Balaban J connectivity index is 2.02. The van der Waals surface area contributed by atoms with E-state index in [4.69, 9.17) is 5.73 Å². The molecule has 0 aliphatic carbocycles. The summed E-state index contributed by atoms with van der Waals surface area (Å²) in [6, 6.07) is 3.54. The number of anilines is 1. The van der Waals surface area contributed by atoms with Gasteiger partial charge in [0.1, 0.15) is 5.82 Å². The number of ether oxygens (including phenoxy) is 1. The molecule has 1 aliphatic heterocycles. The van der Waals surface area contributed by atoms with E-state index in [0.29, 0.717) is 19.5 Å². The SMILES string of the molecule is COC(=O)NC1CCN(C(=O)c2ccc(F)cc2N)C1. The van der Waals surface area contributed by atoms with Gasteiger partial charge in [0.15, 0.2) is 0 Å². The van der Waals surface area contributed by atoms with E-state index in [1.165, 1.54) is 19.2 Å². The van der Waals surface area contributed by atoms with Crippen LogP contribution < -0.4 is 11.1 Å². The van der Waals surface area contributed by atoms with Crippen LogP contribution in [0.5, 0.6) is 0 Å². The third kappa shape index (κ3) is 2.98. The van der Waals surface area contributed by atoms with Gasteiger partial charge >= 0.3 is 6.09 Å². The summed E-state index contributed by atoms with van der Waals surface area (Å²) >= 11 is 0. The fourth-order valence-electron chi connectivity index (χ4n) is 2.19. The van der Waals surface area contributed by atoms with Crippen molar-refractivity contribution < 1.29 is 18.7 Å². The zero-order valence-corrected chi connectivity index (χ0v) is 11.1. The topological polar surface area (TPSA) is 84.7 Å². The maximum atomic E-state index is 13.0. The first kappa shape index (κ1) is 14.1. The number of benzene rings is 1. The Morgan fingerprint density at radius 3 is 2.90 bits per heavy atom. The average molecular weight is 281 g/mol. The Kier molecular flexibility index (Phi) is 4.07. The molecule has 0 spiro atoms. The number of hydrogen-bond acceptors (Lipinski definition) is 4. The number of carbonyl (C=O) groups excluding carboxylic acids is 2. The molecule has 1 saturated heterocycles. The van der Waals surface area contributed by atoms with Crippen molar-refractivity contribution in [3.05, 3.63) is 29.6 Å². The molecule has 1 heterocycles. The number of rotatable bonds is 2. The quantitative estimate of drug-likeness (QED) is 0.791. The molecule has 0 aromatic heterocycles. The second-order valence-electron chi connectivity index (χ2n) is 4.60. The first-order valence-corrected chi connectivity index (χ1v) is 6.20. The molecular formula is C13H16FN3O3. The van der Waals surface area contributed by atoms with E-state index in [1.54, 1.807) is 4.90 Å². The maximum Gasteiger partial charge on any atom is 0.407 e. The number of amides is 2. The summed E-state index contributed by atoms with van der Waals surface area (Å²) in [5, 5.41) is 2.64. The van der Waals surface area contributed by atoms with Gasteiger partial charge in [-0.1, -0.05) is 0 Å². The van der Waals surface area contributed by atoms with Crippen LogP contribution in [0.4, 0.5) is 14.9 Å². The molecule has 1 aromatic carbocycles. The summed E-state index contributed by atoms with van der Waals surface area (Å²) < 4.78 is 17.5. The minimum Gasteiger partial charge on any atom is -0.453 e. The summed E-state index contributed by atoms with van der Waals surface area (Å²) in [5.74, 6) is -0.748. The largest absolute Gasteiger partial charge is 0.453 e. The number of carbonyl (C=O) groups is 2. The third-order valence-corrected chi connectivity index (χ3v) is 3.23. The Bertz CT molecular complexity index is 536. The summed E-state index contributed by atoms with van der Waals surface area (Å²) in [6.07, 6.45) is 0.118. The highest BCUT2D eigenvalue weighted by Crippen LogP contribution is 2.19. The molecule has 7 heteroatoms. The summed E-state index contributed by atoms with van der Waals surface area (Å²) in [5.41, 5.74) is 6.03. The molecule has 108 valence electrons. The van der Waals surface area contributed by atoms with Crippen molar-refractivity contribution in [2.24, 2.45) is 0 Å². The number of methoxy groups -OCH3 is 1. The predicted molar refractivity (Wildman–Crippen MR) is 70.7 cm³/mol. The van der Waals surface area contributed by atoms with Crippen LogP contribution >= 0.6 is 0 Å². The van der Waals surface area contributed by atoms with Gasteiger partial charge in [0.25, 0.3) is 5.91 Å².